The van der Waals surface area contributed by atoms with E-state index in [9.17, 15) is 13.2 Å². The fourth-order valence-corrected chi connectivity index (χ4v) is 4.98. The van der Waals surface area contributed by atoms with Crippen LogP contribution in [0.15, 0.2) is 72.2 Å². The van der Waals surface area contributed by atoms with Gasteiger partial charge in [-0.05, 0) is 37.6 Å². The molecule has 0 saturated carbocycles. The van der Waals surface area contributed by atoms with Crippen molar-refractivity contribution in [2.24, 2.45) is 10.1 Å². The first-order valence-electron chi connectivity index (χ1n) is 11.2. The average molecular weight is 521 g/mol. The molecule has 4 heterocycles. The molecule has 0 unspecified atom stereocenters. The van der Waals surface area contributed by atoms with Gasteiger partial charge in [-0.1, -0.05) is 12.1 Å². The zero-order valence-electron chi connectivity index (χ0n) is 20.1. The number of amidine groups is 1. The summed E-state index contributed by atoms with van der Waals surface area (Å²) in [6, 6.07) is 8.39. The van der Waals surface area contributed by atoms with Gasteiger partial charge in [0, 0.05) is 30.4 Å². The smallest absolute Gasteiger partial charge is 0.259 e. The third kappa shape index (κ3) is 5.21. The first-order valence-corrected chi connectivity index (χ1v) is 12.9. The summed E-state index contributed by atoms with van der Waals surface area (Å²) in [5, 5.41) is 2.99. The highest BCUT2D eigenvalue weighted by molar-refractivity contribution is 7.89. The largest absolute Gasteiger partial charge is 0.490 e. The van der Waals surface area contributed by atoms with Crippen molar-refractivity contribution in [3.63, 3.8) is 0 Å². The van der Waals surface area contributed by atoms with E-state index >= 15 is 0 Å². The lowest BCUT2D eigenvalue weighted by Crippen LogP contribution is -2.48. The number of hydrogen-bond acceptors (Lipinski definition) is 8. The van der Waals surface area contributed by atoms with Crippen molar-refractivity contribution in [3.05, 3.63) is 84.5 Å². The van der Waals surface area contributed by atoms with Crippen molar-refractivity contribution in [3.8, 4) is 17.4 Å². The SMILES string of the molecule is CC(C)(COc1cccc2c1C(N)=NS(=O)(=O)C2)NC(=O)c1cc(-n2ccnc2)nc(-n2ccnc2)c1. The van der Waals surface area contributed by atoms with Crippen molar-refractivity contribution in [1.29, 1.82) is 0 Å². The van der Waals surface area contributed by atoms with Gasteiger partial charge in [-0.2, -0.15) is 0 Å². The summed E-state index contributed by atoms with van der Waals surface area (Å²) < 4.78 is 36.9. The average Bonchev–Trinajstić information content (AvgIpc) is 3.56. The van der Waals surface area contributed by atoms with Crippen LogP contribution in [0, 0.1) is 0 Å². The summed E-state index contributed by atoms with van der Waals surface area (Å²) in [4.78, 5) is 26.0. The molecule has 0 aliphatic carbocycles. The molecule has 1 aliphatic heterocycles. The zero-order chi connectivity index (χ0) is 26.2. The molecule has 12 nitrogen and oxygen atoms in total. The molecule has 13 heteroatoms. The second-order valence-electron chi connectivity index (χ2n) is 9.13. The summed E-state index contributed by atoms with van der Waals surface area (Å²) >= 11 is 0. The van der Waals surface area contributed by atoms with Crippen LogP contribution >= 0.6 is 0 Å². The minimum atomic E-state index is -3.66. The van der Waals surface area contributed by atoms with Gasteiger partial charge in [0.1, 0.15) is 42.5 Å². The third-order valence-electron chi connectivity index (χ3n) is 5.58. The second-order valence-corrected chi connectivity index (χ2v) is 10.8. The first kappa shape index (κ1) is 24.2. The number of rotatable bonds is 7. The number of pyridine rings is 1. The van der Waals surface area contributed by atoms with Crippen LogP contribution in [0.25, 0.3) is 11.6 Å². The van der Waals surface area contributed by atoms with Gasteiger partial charge in [0.2, 0.25) is 0 Å². The Kier molecular flexibility index (Phi) is 5.99. The minimum absolute atomic E-state index is 0.0864. The third-order valence-corrected chi connectivity index (χ3v) is 6.73. The molecule has 4 aromatic rings. The van der Waals surface area contributed by atoms with E-state index in [1.807, 2.05) is 13.8 Å². The van der Waals surface area contributed by atoms with Crippen LogP contribution in [0.1, 0.15) is 35.3 Å². The van der Waals surface area contributed by atoms with Crippen LogP contribution in [0.4, 0.5) is 0 Å². The van der Waals surface area contributed by atoms with Crippen molar-refractivity contribution in [2.45, 2.75) is 25.1 Å². The Balaban J connectivity index is 1.37. The maximum absolute atomic E-state index is 13.3. The van der Waals surface area contributed by atoms with E-state index < -0.39 is 15.6 Å². The van der Waals surface area contributed by atoms with Crippen LogP contribution in [-0.2, 0) is 15.8 Å². The lowest BCUT2D eigenvalue weighted by atomic mass is 10.0. The lowest BCUT2D eigenvalue weighted by Gasteiger charge is -2.28. The molecule has 0 radical (unpaired) electrons. The molecule has 0 bridgehead atoms. The molecule has 0 saturated heterocycles. The molecule has 0 atom stereocenters. The number of imidazole rings is 2. The monoisotopic (exact) mass is 520 g/mol. The molecule has 1 aromatic carbocycles. The van der Waals surface area contributed by atoms with Gasteiger partial charge in [-0.25, -0.2) is 23.4 Å². The van der Waals surface area contributed by atoms with Gasteiger partial charge in [0.15, 0.2) is 0 Å². The number of hydrogen-bond donors (Lipinski definition) is 2. The zero-order valence-corrected chi connectivity index (χ0v) is 20.9. The highest BCUT2D eigenvalue weighted by Gasteiger charge is 2.28. The van der Waals surface area contributed by atoms with E-state index in [0.717, 1.165) is 0 Å². The highest BCUT2D eigenvalue weighted by Crippen LogP contribution is 2.28. The Hall–Kier alpha value is -4.52. The van der Waals surface area contributed by atoms with Crippen LogP contribution < -0.4 is 15.8 Å². The molecule has 3 N–H and O–H groups in total. The Labute approximate surface area is 212 Å². The molecule has 1 aliphatic rings. The summed E-state index contributed by atoms with van der Waals surface area (Å²) in [7, 11) is -3.66. The number of fused-ring (bicyclic) bond motifs is 1. The van der Waals surface area contributed by atoms with Gasteiger partial charge in [0.25, 0.3) is 15.9 Å². The highest BCUT2D eigenvalue weighted by atomic mass is 32.2. The molecule has 5 rings (SSSR count). The number of nitrogens with zero attached hydrogens (tertiary/aromatic N) is 6. The van der Waals surface area contributed by atoms with Crippen LogP contribution in [0.2, 0.25) is 0 Å². The first-order chi connectivity index (χ1) is 17.6. The van der Waals surface area contributed by atoms with Crippen LogP contribution in [0.5, 0.6) is 5.75 Å². The number of sulfonamides is 1. The number of carbonyl (C=O) groups excluding carboxylic acids is 1. The summed E-state index contributed by atoms with van der Waals surface area (Å²) in [6.45, 7) is 3.72. The molecular formula is C24H24N8O4S. The van der Waals surface area contributed by atoms with E-state index in [-0.39, 0.29) is 24.1 Å². The summed E-state index contributed by atoms with van der Waals surface area (Å²) in [6.07, 6.45) is 9.92. The second kappa shape index (κ2) is 9.17. The number of benzene rings is 1. The van der Waals surface area contributed by atoms with E-state index in [2.05, 4.69) is 24.7 Å². The predicted molar refractivity (Wildman–Crippen MR) is 135 cm³/mol. The van der Waals surface area contributed by atoms with Crippen LogP contribution in [0.3, 0.4) is 0 Å². The Bertz CT molecular complexity index is 1540. The number of nitrogens with two attached hydrogens (primary N) is 1. The van der Waals surface area contributed by atoms with E-state index in [1.165, 1.54) is 0 Å². The van der Waals surface area contributed by atoms with Gasteiger partial charge < -0.3 is 15.8 Å². The molecule has 0 spiro atoms. The minimum Gasteiger partial charge on any atom is -0.490 e. The molecule has 37 heavy (non-hydrogen) atoms. The Morgan fingerprint density at radius 2 is 1.76 bits per heavy atom. The van der Waals surface area contributed by atoms with Crippen molar-refractivity contribution in [2.75, 3.05) is 6.61 Å². The fourth-order valence-electron chi connectivity index (χ4n) is 3.89. The predicted octanol–water partition coefficient (Wildman–Crippen LogP) is 1.59. The molecular weight excluding hydrogens is 496 g/mol. The van der Waals surface area contributed by atoms with Crippen molar-refractivity contribution < 1.29 is 17.9 Å². The van der Waals surface area contributed by atoms with E-state index in [4.69, 9.17) is 10.5 Å². The number of aromatic nitrogens is 5. The maximum atomic E-state index is 13.3. The van der Waals surface area contributed by atoms with E-state index in [1.54, 1.807) is 76.9 Å². The summed E-state index contributed by atoms with van der Waals surface area (Å²) in [5.74, 6) is 0.730. The normalized spacial score (nSPS) is 14.5. The quantitative estimate of drug-likeness (QED) is 0.372. The molecule has 0 fully saturated rings. The fraction of sp³-hybridized carbons (Fsp3) is 0.208. The molecule has 3 aromatic heterocycles. The van der Waals surface area contributed by atoms with E-state index in [0.29, 0.717) is 34.1 Å². The molecule has 1 amide bonds. The maximum Gasteiger partial charge on any atom is 0.259 e. The van der Waals surface area contributed by atoms with Gasteiger partial charge in [-0.3, -0.25) is 13.9 Å². The summed E-state index contributed by atoms with van der Waals surface area (Å²) in [5.41, 5.74) is 6.47. The van der Waals surface area contributed by atoms with Gasteiger partial charge >= 0.3 is 0 Å². The standard InChI is InChI=1S/C24H24N8O4S/c1-24(2,13-36-18-5-3-4-16-12-37(34,35)30-22(25)21(16)18)29-23(33)17-10-19(31-8-6-26-14-31)28-20(11-17)32-9-7-27-15-32/h3-11,14-15H,12-13H2,1-2H3,(H2,25,30)(H,29,33). The number of carbonyl (C=O) groups is 1. The van der Waals surface area contributed by atoms with Gasteiger partial charge in [0.05, 0.1) is 16.9 Å². The van der Waals surface area contributed by atoms with Gasteiger partial charge in [-0.15, -0.1) is 4.40 Å². The molecule has 190 valence electrons. The van der Waals surface area contributed by atoms with Crippen LogP contribution in [-0.4, -0.2) is 56.4 Å². The lowest BCUT2D eigenvalue weighted by molar-refractivity contribution is 0.0880. The Morgan fingerprint density at radius 1 is 1.11 bits per heavy atom. The number of amides is 1. The van der Waals surface area contributed by atoms with Crippen molar-refractivity contribution in [1.82, 2.24) is 29.4 Å². The number of nitrogens with one attached hydrogen (secondary N) is 1. The Morgan fingerprint density at radius 3 is 2.35 bits per heavy atom. The number of ether oxygens (including phenoxy) is 1. The van der Waals surface area contributed by atoms with Crippen molar-refractivity contribution >= 4 is 21.8 Å². The topological polar surface area (TPSA) is 159 Å².